The fourth-order valence-electron chi connectivity index (χ4n) is 1.84. The molecule has 0 aliphatic rings. The molecule has 110 valence electrons. The van der Waals surface area contributed by atoms with E-state index >= 15 is 0 Å². The summed E-state index contributed by atoms with van der Waals surface area (Å²) in [5, 5.41) is 3.52. The number of rotatable bonds is 5. The van der Waals surface area contributed by atoms with Gasteiger partial charge in [-0.1, -0.05) is 23.7 Å². The summed E-state index contributed by atoms with van der Waals surface area (Å²) in [5.41, 5.74) is 7.80. The third-order valence-electron chi connectivity index (χ3n) is 2.94. The van der Waals surface area contributed by atoms with Gasteiger partial charge in [-0.05, 0) is 42.8 Å². The Morgan fingerprint density at radius 3 is 2.62 bits per heavy atom. The Labute approximate surface area is 128 Å². The highest BCUT2D eigenvalue weighted by Gasteiger charge is 2.09. The lowest BCUT2D eigenvalue weighted by Crippen LogP contribution is -2.22. The molecule has 0 saturated heterocycles. The van der Waals surface area contributed by atoms with Crippen LogP contribution >= 0.6 is 11.6 Å². The van der Waals surface area contributed by atoms with Crippen molar-refractivity contribution in [3.05, 3.63) is 58.6 Å². The molecule has 0 atom stereocenters. The number of benzene rings is 2. The first-order valence-corrected chi connectivity index (χ1v) is 7.03. The maximum Gasteiger partial charge on any atom is 0.251 e. The minimum atomic E-state index is -0.175. The lowest BCUT2D eigenvalue weighted by Gasteiger charge is -2.10. The number of amides is 1. The Morgan fingerprint density at radius 1 is 1.24 bits per heavy atom. The topological polar surface area (TPSA) is 64.3 Å². The maximum atomic E-state index is 12.1. The van der Waals surface area contributed by atoms with Gasteiger partial charge in [0.2, 0.25) is 0 Å². The summed E-state index contributed by atoms with van der Waals surface area (Å²) in [5.74, 6) is 0.350. The average molecular weight is 305 g/mol. The van der Waals surface area contributed by atoms with Crippen molar-refractivity contribution >= 4 is 23.2 Å². The highest BCUT2D eigenvalue weighted by atomic mass is 35.5. The van der Waals surface area contributed by atoms with Crippen molar-refractivity contribution in [3.8, 4) is 5.75 Å². The summed E-state index contributed by atoms with van der Waals surface area (Å²) in [6.07, 6.45) is 0. The van der Waals surface area contributed by atoms with Gasteiger partial charge in [0, 0.05) is 17.1 Å². The molecule has 21 heavy (non-hydrogen) atoms. The normalized spacial score (nSPS) is 10.2. The van der Waals surface area contributed by atoms with Crippen molar-refractivity contribution in [2.45, 2.75) is 13.5 Å². The van der Waals surface area contributed by atoms with Crippen LogP contribution < -0.4 is 15.8 Å². The first-order valence-electron chi connectivity index (χ1n) is 6.65. The van der Waals surface area contributed by atoms with Crippen molar-refractivity contribution in [2.24, 2.45) is 0 Å². The van der Waals surface area contributed by atoms with Crippen LogP contribution in [-0.4, -0.2) is 12.5 Å². The maximum absolute atomic E-state index is 12.1. The van der Waals surface area contributed by atoms with Gasteiger partial charge in [0.25, 0.3) is 5.91 Å². The van der Waals surface area contributed by atoms with Gasteiger partial charge >= 0.3 is 0 Å². The molecular weight excluding hydrogens is 288 g/mol. The quantitative estimate of drug-likeness (QED) is 0.833. The van der Waals surface area contributed by atoms with Crippen molar-refractivity contribution in [1.82, 2.24) is 5.32 Å². The molecule has 0 bridgehead atoms. The van der Waals surface area contributed by atoms with Crippen LogP contribution in [0.2, 0.25) is 5.02 Å². The number of carbonyl (C=O) groups excluding carboxylic acids is 1. The second kappa shape index (κ2) is 6.99. The van der Waals surface area contributed by atoms with Gasteiger partial charge in [0.05, 0.1) is 12.3 Å². The van der Waals surface area contributed by atoms with Gasteiger partial charge in [0.15, 0.2) is 0 Å². The fraction of sp³-hybridized carbons (Fsp3) is 0.188. The summed E-state index contributed by atoms with van der Waals surface area (Å²) in [6.45, 7) is 2.80. The molecule has 0 fully saturated rings. The van der Waals surface area contributed by atoms with E-state index in [1.54, 1.807) is 30.3 Å². The van der Waals surface area contributed by atoms with Crippen molar-refractivity contribution in [2.75, 3.05) is 12.3 Å². The number of halogens is 1. The van der Waals surface area contributed by atoms with Crippen LogP contribution in [0.4, 0.5) is 5.69 Å². The zero-order valence-corrected chi connectivity index (χ0v) is 12.5. The molecule has 1 amide bonds. The molecule has 0 aromatic heterocycles. The molecular formula is C16H17ClN2O2. The minimum Gasteiger partial charge on any atom is -0.492 e. The molecule has 4 nitrogen and oxygen atoms in total. The molecule has 0 aliphatic heterocycles. The van der Waals surface area contributed by atoms with Crippen LogP contribution in [0.25, 0.3) is 0 Å². The van der Waals surface area contributed by atoms with Crippen LogP contribution in [-0.2, 0) is 6.54 Å². The summed E-state index contributed by atoms with van der Waals surface area (Å²) in [4.78, 5) is 12.1. The van der Waals surface area contributed by atoms with Gasteiger partial charge in [-0.2, -0.15) is 0 Å². The highest BCUT2D eigenvalue weighted by molar-refractivity contribution is 6.30. The second-order valence-electron chi connectivity index (χ2n) is 4.49. The SMILES string of the molecule is CCOc1cc(C(=O)NCc2ccc(Cl)cc2)ccc1N. The van der Waals surface area contributed by atoms with E-state index in [9.17, 15) is 4.79 Å². The Bertz CT molecular complexity index is 627. The zero-order chi connectivity index (χ0) is 15.2. The summed E-state index contributed by atoms with van der Waals surface area (Å²) in [7, 11) is 0. The number of hydrogen-bond acceptors (Lipinski definition) is 3. The number of nitrogen functional groups attached to an aromatic ring is 1. The number of hydrogen-bond donors (Lipinski definition) is 2. The minimum absolute atomic E-state index is 0.175. The lowest BCUT2D eigenvalue weighted by atomic mass is 10.1. The Hall–Kier alpha value is -2.20. The van der Waals surface area contributed by atoms with Gasteiger partial charge in [-0.3, -0.25) is 4.79 Å². The number of nitrogens with one attached hydrogen (secondary N) is 1. The van der Waals surface area contributed by atoms with Crippen molar-refractivity contribution in [1.29, 1.82) is 0 Å². The van der Waals surface area contributed by atoms with Gasteiger partial charge < -0.3 is 15.8 Å². The lowest BCUT2D eigenvalue weighted by molar-refractivity contribution is 0.0950. The molecule has 2 aromatic rings. The first kappa shape index (κ1) is 15.2. The van der Waals surface area contributed by atoms with Crippen molar-refractivity contribution < 1.29 is 9.53 Å². The smallest absolute Gasteiger partial charge is 0.251 e. The number of nitrogens with two attached hydrogens (primary N) is 1. The molecule has 0 saturated carbocycles. The van der Waals surface area contributed by atoms with Crippen LogP contribution in [0.5, 0.6) is 5.75 Å². The highest BCUT2D eigenvalue weighted by Crippen LogP contribution is 2.22. The van der Waals surface area contributed by atoms with Crippen LogP contribution in [0.1, 0.15) is 22.8 Å². The molecule has 0 spiro atoms. The van der Waals surface area contributed by atoms with E-state index in [4.69, 9.17) is 22.1 Å². The fourth-order valence-corrected chi connectivity index (χ4v) is 1.97. The van der Waals surface area contributed by atoms with E-state index in [1.807, 2.05) is 19.1 Å². The van der Waals surface area contributed by atoms with Crippen molar-refractivity contribution in [3.63, 3.8) is 0 Å². The van der Waals surface area contributed by atoms with E-state index in [-0.39, 0.29) is 5.91 Å². The monoisotopic (exact) mass is 304 g/mol. The Morgan fingerprint density at radius 2 is 1.95 bits per heavy atom. The summed E-state index contributed by atoms with van der Waals surface area (Å²) in [6, 6.07) is 12.3. The summed E-state index contributed by atoms with van der Waals surface area (Å²) >= 11 is 5.82. The molecule has 0 unspecified atom stereocenters. The van der Waals surface area contributed by atoms with Crippen LogP contribution in [0.3, 0.4) is 0 Å². The second-order valence-corrected chi connectivity index (χ2v) is 4.93. The van der Waals surface area contributed by atoms with E-state index in [0.29, 0.717) is 35.2 Å². The number of ether oxygens (including phenoxy) is 1. The molecule has 2 rings (SSSR count). The number of carbonyl (C=O) groups is 1. The molecule has 2 aromatic carbocycles. The molecule has 0 radical (unpaired) electrons. The average Bonchev–Trinajstić information content (AvgIpc) is 2.49. The van der Waals surface area contributed by atoms with E-state index in [0.717, 1.165) is 5.56 Å². The van der Waals surface area contributed by atoms with Crippen LogP contribution in [0, 0.1) is 0 Å². The Balaban J connectivity index is 2.03. The standard InChI is InChI=1S/C16H17ClN2O2/c1-2-21-15-9-12(5-8-14(15)18)16(20)19-10-11-3-6-13(17)7-4-11/h3-9H,2,10,18H2,1H3,(H,19,20). The Kier molecular flexibility index (Phi) is 5.06. The predicted molar refractivity (Wildman–Crippen MR) is 84.6 cm³/mol. The zero-order valence-electron chi connectivity index (χ0n) is 11.7. The first-order chi connectivity index (χ1) is 10.1. The molecule has 3 N–H and O–H groups in total. The van der Waals surface area contributed by atoms with E-state index in [1.165, 1.54) is 0 Å². The molecule has 5 heteroatoms. The van der Waals surface area contributed by atoms with Crippen LogP contribution in [0.15, 0.2) is 42.5 Å². The van der Waals surface area contributed by atoms with Gasteiger partial charge in [-0.25, -0.2) is 0 Å². The summed E-state index contributed by atoms with van der Waals surface area (Å²) < 4.78 is 5.38. The molecule has 0 heterocycles. The number of anilines is 1. The predicted octanol–water partition coefficient (Wildman–Crippen LogP) is 3.25. The molecule has 0 aliphatic carbocycles. The third kappa shape index (κ3) is 4.13. The van der Waals surface area contributed by atoms with Gasteiger partial charge in [0.1, 0.15) is 5.75 Å². The van der Waals surface area contributed by atoms with Gasteiger partial charge in [-0.15, -0.1) is 0 Å². The third-order valence-corrected chi connectivity index (χ3v) is 3.19. The largest absolute Gasteiger partial charge is 0.492 e. The van der Waals surface area contributed by atoms with E-state index < -0.39 is 0 Å². The van der Waals surface area contributed by atoms with E-state index in [2.05, 4.69) is 5.32 Å².